The van der Waals surface area contributed by atoms with Gasteiger partial charge in [-0.3, -0.25) is 14.6 Å². The molecular weight excluding hydrogens is 467 g/mol. The fourth-order valence-electron chi connectivity index (χ4n) is 3.70. The predicted molar refractivity (Wildman–Crippen MR) is 128 cm³/mol. The van der Waals surface area contributed by atoms with Gasteiger partial charge in [0.2, 0.25) is 0 Å². The van der Waals surface area contributed by atoms with Crippen molar-refractivity contribution in [1.29, 1.82) is 5.41 Å². The van der Waals surface area contributed by atoms with Gasteiger partial charge < -0.3 is 10.2 Å². The van der Waals surface area contributed by atoms with Crippen LogP contribution < -0.4 is 5.32 Å². The Labute approximate surface area is 201 Å². The van der Waals surface area contributed by atoms with E-state index < -0.39 is 12.7 Å². The molecule has 0 aliphatic carbocycles. The average Bonchev–Trinajstić information content (AvgIpc) is 3.06. The largest absolute Gasteiger partial charge is 0.405 e. The van der Waals surface area contributed by atoms with E-state index in [1.807, 2.05) is 0 Å². The zero-order chi connectivity index (χ0) is 24.7. The maximum absolute atomic E-state index is 12.6. The van der Waals surface area contributed by atoms with E-state index in [1.165, 1.54) is 63.2 Å². The van der Waals surface area contributed by atoms with E-state index in [0.717, 1.165) is 0 Å². The number of benzene rings is 1. The topological polar surface area (TPSA) is 73.5 Å². The molecule has 1 saturated heterocycles. The minimum absolute atomic E-state index is 0.0360. The summed E-state index contributed by atoms with van der Waals surface area (Å²) in [6.45, 7) is 1.36. The second-order valence-corrected chi connectivity index (χ2v) is 8.64. The number of carbonyl (C=O) groups is 1. The first-order valence-electron chi connectivity index (χ1n) is 11.0. The molecule has 2 aromatic heterocycles. The highest BCUT2D eigenvalue weighted by atomic mass is 35.5. The normalized spacial score (nSPS) is 14.7. The van der Waals surface area contributed by atoms with Crippen molar-refractivity contribution in [3.8, 4) is 0 Å². The zero-order valence-electron chi connectivity index (χ0n) is 18.8. The van der Waals surface area contributed by atoms with Gasteiger partial charge in [0.1, 0.15) is 18.5 Å². The number of aldehydes is 1. The fourth-order valence-corrected chi connectivity index (χ4v) is 3.86. The number of nitrogens with one attached hydrogen (secondary N) is 2. The van der Waals surface area contributed by atoms with Crippen LogP contribution in [0.4, 0.5) is 18.9 Å². The summed E-state index contributed by atoms with van der Waals surface area (Å²) in [7, 11) is 2.21. The highest BCUT2D eigenvalue weighted by Crippen LogP contribution is 2.24. The minimum Gasteiger partial charge on any atom is -0.376 e. The summed E-state index contributed by atoms with van der Waals surface area (Å²) in [6, 6.07) is 7.45. The Bertz CT molecular complexity index is 1140. The standard InChI is InChI=1S/C17H12ClF3N4O.C7H15N/c18-11-2-4-15-23-6-14(25(15)7-11)16(22)12-3-1-10(8-26)5-13(12)24-9-17(19,20)21;1-8-6-4-2-3-5-7-8/h1-8,22,24H,9H2;2-7H2,1H3. The summed E-state index contributed by atoms with van der Waals surface area (Å²) < 4.78 is 39.3. The van der Waals surface area contributed by atoms with E-state index in [-0.39, 0.29) is 22.5 Å². The molecule has 0 bridgehead atoms. The number of hydrogen-bond donors (Lipinski definition) is 2. The lowest BCUT2D eigenvalue weighted by atomic mass is 10.0. The van der Waals surface area contributed by atoms with Crippen LogP contribution in [0.3, 0.4) is 0 Å². The van der Waals surface area contributed by atoms with Crippen molar-refractivity contribution in [2.45, 2.75) is 31.9 Å². The third kappa shape index (κ3) is 7.04. The average molecular weight is 494 g/mol. The van der Waals surface area contributed by atoms with Crippen LogP contribution in [0.2, 0.25) is 5.02 Å². The Morgan fingerprint density at radius 3 is 2.53 bits per heavy atom. The zero-order valence-corrected chi connectivity index (χ0v) is 19.6. The molecular formula is C24H27ClF3N5O. The SMILES string of the molecule is CN1CCCCCC1.N=C(c1ccc(C=O)cc1NCC(F)(F)F)c1cnc2ccc(Cl)cn12. The lowest BCUT2D eigenvalue weighted by Crippen LogP contribution is -2.22. The molecule has 1 aliphatic heterocycles. The van der Waals surface area contributed by atoms with Gasteiger partial charge in [-0.15, -0.1) is 0 Å². The van der Waals surface area contributed by atoms with Gasteiger partial charge >= 0.3 is 6.18 Å². The molecule has 0 unspecified atom stereocenters. The fraction of sp³-hybridized carbons (Fsp3) is 0.375. The summed E-state index contributed by atoms with van der Waals surface area (Å²) >= 11 is 5.97. The summed E-state index contributed by atoms with van der Waals surface area (Å²) in [5.41, 5.74) is 1.30. The second-order valence-electron chi connectivity index (χ2n) is 8.20. The smallest absolute Gasteiger partial charge is 0.376 e. The number of fused-ring (bicyclic) bond motifs is 1. The molecule has 0 spiro atoms. The predicted octanol–water partition coefficient (Wildman–Crippen LogP) is 5.68. The Balaban J connectivity index is 0.000000343. The number of nitrogens with zero attached hydrogens (tertiary/aromatic N) is 3. The van der Waals surface area contributed by atoms with Crippen molar-refractivity contribution >= 4 is 34.9 Å². The first-order chi connectivity index (χ1) is 16.2. The third-order valence-corrected chi connectivity index (χ3v) is 5.71. The number of pyridine rings is 1. The van der Waals surface area contributed by atoms with Crippen molar-refractivity contribution < 1.29 is 18.0 Å². The molecule has 1 aromatic carbocycles. The van der Waals surface area contributed by atoms with Gasteiger partial charge in [0.25, 0.3) is 0 Å². The molecule has 1 fully saturated rings. The van der Waals surface area contributed by atoms with E-state index in [2.05, 4.69) is 22.2 Å². The van der Waals surface area contributed by atoms with Crippen LogP contribution in [-0.4, -0.2) is 59.1 Å². The number of anilines is 1. The van der Waals surface area contributed by atoms with Crippen molar-refractivity contribution in [3.05, 3.63) is 64.6 Å². The van der Waals surface area contributed by atoms with Crippen molar-refractivity contribution in [3.63, 3.8) is 0 Å². The van der Waals surface area contributed by atoms with Gasteiger partial charge in [0, 0.05) is 23.0 Å². The number of aromatic nitrogens is 2. The van der Waals surface area contributed by atoms with Crippen LogP contribution in [0.25, 0.3) is 5.65 Å². The number of likely N-dealkylation sites (tertiary alicyclic amines) is 1. The molecule has 0 amide bonds. The van der Waals surface area contributed by atoms with Crippen LogP contribution in [0, 0.1) is 5.41 Å². The highest BCUT2D eigenvalue weighted by Gasteiger charge is 2.27. The molecule has 0 radical (unpaired) electrons. The number of halogens is 4. The van der Waals surface area contributed by atoms with Gasteiger partial charge in [-0.2, -0.15) is 13.2 Å². The van der Waals surface area contributed by atoms with Crippen LogP contribution in [-0.2, 0) is 0 Å². The Morgan fingerprint density at radius 1 is 1.18 bits per heavy atom. The van der Waals surface area contributed by atoms with E-state index in [9.17, 15) is 18.0 Å². The summed E-state index contributed by atoms with van der Waals surface area (Å²) in [6.07, 6.45) is 4.82. The molecule has 4 rings (SSSR count). The second kappa shape index (κ2) is 11.5. The molecule has 34 heavy (non-hydrogen) atoms. The summed E-state index contributed by atoms with van der Waals surface area (Å²) in [4.78, 5) is 17.5. The highest BCUT2D eigenvalue weighted by molar-refractivity contribution is 6.30. The third-order valence-electron chi connectivity index (χ3n) is 5.48. The van der Waals surface area contributed by atoms with Gasteiger partial charge in [-0.05, 0) is 57.2 Å². The summed E-state index contributed by atoms with van der Waals surface area (Å²) in [5.74, 6) is 0. The van der Waals surface area contributed by atoms with Crippen LogP contribution in [0.5, 0.6) is 0 Å². The molecule has 182 valence electrons. The van der Waals surface area contributed by atoms with Crippen molar-refractivity contribution in [2.24, 2.45) is 0 Å². The van der Waals surface area contributed by atoms with E-state index >= 15 is 0 Å². The van der Waals surface area contributed by atoms with Gasteiger partial charge in [-0.1, -0.05) is 30.5 Å². The monoisotopic (exact) mass is 493 g/mol. The van der Waals surface area contributed by atoms with Crippen molar-refractivity contribution in [1.82, 2.24) is 14.3 Å². The van der Waals surface area contributed by atoms with Crippen LogP contribution in [0.1, 0.15) is 47.3 Å². The summed E-state index contributed by atoms with van der Waals surface area (Å²) in [5, 5.41) is 11.1. The Morgan fingerprint density at radius 2 is 1.88 bits per heavy atom. The molecule has 10 heteroatoms. The van der Waals surface area contributed by atoms with E-state index in [4.69, 9.17) is 17.0 Å². The first kappa shape index (κ1) is 25.7. The Hall–Kier alpha value is -2.91. The number of carbonyl (C=O) groups excluding carboxylic acids is 1. The van der Waals surface area contributed by atoms with Gasteiger partial charge in [0.15, 0.2) is 0 Å². The molecule has 0 atom stereocenters. The molecule has 1 aliphatic rings. The first-order valence-corrected chi connectivity index (χ1v) is 11.4. The van der Waals surface area contributed by atoms with Crippen molar-refractivity contribution in [2.75, 3.05) is 32.0 Å². The number of alkyl halides is 3. The van der Waals surface area contributed by atoms with Crippen LogP contribution >= 0.6 is 11.6 Å². The molecule has 0 saturated carbocycles. The van der Waals surface area contributed by atoms with E-state index in [0.29, 0.717) is 22.6 Å². The molecule has 3 heterocycles. The van der Waals surface area contributed by atoms with E-state index in [1.54, 1.807) is 22.7 Å². The lowest BCUT2D eigenvalue weighted by Gasteiger charge is -2.15. The minimum atomic E-state index is -4.44. The number of hydrogen-bond acceptors (Lipinski definition) is 5. The molecule has 6 nitrogen and oxygen atoms in total. The lowest BCUT2D eigenvalue weighted by molar-refractivity contribution is -0.115. The van der Waals surface area contributed by atoms with Gasteiger partial charge in [0.05, 0.1) is 22.6 Å². The Kier molecular flexibility index (Phi) is 8.68. The molecule has 2 N–H and O–H groups in total. The quantitative estimate of drug-likeness (QED) is 0.354. The maximum Gasteiger partial charge on any atom is 0.405 e. The van der Waals surface area contributed by atoms with Crippen LogP contribution in [0.15, 0.2) is 42.7 Å². The maximum atomic E-state index is 12.6. The molecule has 3 aromatic rings. The number of imidazole rings is 1. The number of rotatable bonds is 5. The van der Waals surface area contributed by atoms with Gasteiger partial charge in [-0.25, -0.2) is 4.98 Å².